The molecule has 19 heavy (non-hydrogen) atoms. The van der Waals surface area contributed by atoms with Crippen molar-refractivity contribution in [3.05, 3.63) is 23.4 Å². The fourth-order valence-electron chi connectivity index (χ4n) is 2.65. The second-order valence-corrected chi connectivity index (χ2v) is 5.56. The van der Waals surface area contributed by atoms with E-state index in [0.717, 1.165) is 31.9 Å². The number of aromatic nitrogens is 1. The molecule has 1 aromatic heterocycles. The monoisotopic (exact) mass is 262 g/mol. The highest BCUT2D eigenvalue weighted by Gasteiger charge is 2.25. The van der Waals surface area contributed by atoms with E-state index in [4.69, 9.17) is 4.98 Å². The molecule has 1 fully saturated rings. The molecule has 1 N–H and O–H groups in total. The van der Waals surface area contributed by atoms with Gasteiger partial charge in [-0.2, -0.15) is 0 Å². The molecule has 0 saturated carbocycles. The summed E-state index contributed by atoms with van der Waals surface area (Å²) in [7, 11) is 6.32. The van der Waals surface area contributed by atoms with Crippen LogP contribution in [-0.4, -0.2) is 50.2 Å². The lowest BCUT2D eigenvalue weighted by Crippen LogP contribution is -2.31. The van der Waals surface area contributed by atoms with Crippen molar-refractivity contribution in [3.8, 4) is 0 Å². The molecule has 0 bridgehead atoms. The van der Waals surface area contributed by atoms with Crippen LogP contribution < -0.4 is 10.2 Å². The van der Waals surface area contributed by atoms with E-state index in [1.807, 2.05) is 7.05 Å². The average Bonchev–Trinajstić information content (AvgIpc) is 2.88. The number of pyridine rings is 1. The van der Waals surface area contributed by atoms with Crippen molar-refractivity contribution in [2.75, 3.05) is 39.1 Å². The zero-order valence-corrected chi connectivity index (χ0v) is 12.6. The average molecular weight is 262 g/mol. The maximum Gasteiger partial charge on any atom is 0.129 e. The highest BCUT2D eigenvalue weighted by atomic mass is 15.3. The Morgan fingerprint density at radius 3 is 2.79 bits per heavy atom. The van der Waals surface area contributed by atoms with Gasteiger partial charge in [0.25, 0.3) is 0 Å². The summed E-state index contributed by atoms with van der Waals surface area (Å²) in [6, 6.07) is 5.09. The molecule has 0 radical (unpaired) electrons. The van der Waals surface area contributed by atoms with Gasteiger partial charge in [0.2, 0.25) is 0 Å². The first-order valence-corrected chi connectivity index (χ1v) is 7.19. The van der Waals surface area contributed by atoms with Gasteiger partial charge in [0, 0.05) is 31.4 Å². The van der Waals surface area contributed by atoms with Gasteiger partial charge in [0.15, 0.2) is 0 Å². The van der Waals surface area contributed by atoms with Gasteiger partial charge in [-0.25, -0.2) is 4.98 Å². The Morgan fingerprint density at radius 2 is 2.21 bits per heavy atom. The van der Waals surface area contributed by atoms with E-state index in [1.165, 1.54) is 17.7 Å². The lowest BCUT2D eigenvalue weighted by atomic mass is 10.2. The summed E-state index contributed by atoms with van der Waals surface area (Å²) in [4.78, 5) is 9.53. The van der Waals surface area contributed by atoms with Crippen LogP contribution in [0, 0.1) is 0 Å². The molecule has 0 aliphatic carbocycles. The van der Waals surface area contributed by atoms with Gasteiger partial charge in [-0.3, -0.25) is 0 Å². The number of rotatable bonds is 5. The summed E-state index contributed by atoms with van der Waals surface area (Å²) in [5, 5.41) is 3.23. The predicted octanol–water partition coefficient (Wildman–Crippen LogP) is 1.50. The van der Waals surface area contributed by atoms with Crippen LogP contribution in [0.3, 0.4) is 0 Å². The molecule has 1 saturated heterocycles. The minimum Gasteiger partial charge on any atom is -0.355 e. The zero-order chi connectivity index (χ0) is 13.8. The molecule has 0 aromatic carbocycles. The number of hydrogen-bond donors (Lipinski definition) is 1. The molecule has 4 heteroatoms. The predicted molar refractivity (Wildman–Crippen MR) is 80.7 cm³/mol. The van der Waals surface area contributed by atoms with Crippen molar-refractivity contribution >= 4 is 5.82 Å². The molecule has 4 nitrogen and oxygen atoms in total. The highest BCUT2D eigenvalue weighted by molar-refractivity contribution is 5.44. The third kappa shape index (κ3) is 3.45. The largest absolute Gasteiger partial charge is 0.355 e. The summed E-state index contributed by atoms with van der Waals surface area (Å²) < 4.78 is 0. The Balaban J connectivity index is 2.17. The summed E-state index contributed by atoms with van der Waals surface area (Å²) in [5.74, 6) is 1.15. The van der Waals surface area contributed by atoms with E-state index in [-0.39, 0.29) is 0 Å². The smallest absolute Gasteiger partial charge is 0.129 e. The first-order chi connectivity index (χ1) is 9.13. The fourth-order valence-corrected chi connectivity index (χ4v) is 2.65. The minimum atomic E-state index is 0.653. The molecular weight excluding hydrogens is 236 g/mol. The highest BCUT2D eigenvalue weighted by Crippen LogP contribution is 2.22. The van der Waals surface area contributed by atoms with E-state index in [1.54, 1.807) is 0 Å². The Kier molecular flexibility index (Phi) is 4.77. The van der Waals surface area contributed by atoms with Gasteiger partial charge in [0.1, 0.15) is 5.82 Å². The number of hydrogen-bond acceptors (Lipinski definition) is 4. The van der Waals surface area contributed by atoms with E-state index in [2.05, 4.69) is 48.3 Å². The van der Waals surface area contributed by atoms with Crippen molar-refractivity contribution in [2.45, 2.75) is 32.4 Å². The lowest BCUT2D eigenvalue weighted by Gasteiger charge is -2.22. The molecule has 1 aliphatic rings. The van der Waals surface area contributed by atoms with Crippen molar-refractivity contribution in [1.82, 2.24) is 15.2 Å². The molecular formula is C15H26N4. The van der Waals surface area contributed by atoms with Gasteiger partial charge >= 0.3 is 0 Å². The third-order valence-electron chi connectivity index (χ3n) is 3.89. The first kappa shape index (κ1) is 14.3. The maximum absolute atomic E-state index is 4.79. The van der Waals surface area contributed by atoms with Crippen molar-refractivity contribution in [2.24, 2.45) is 0 Å². The van der Waals surface area contributed by atoms with Crippen molar-refractivity contribution in [3.63, 3.8) is 0 Å². The van der Waals surface area contributed by atoms with E-state index >= 15 is 0 Å². The lowest BCUT2D eigenvalue weighted by molar-refractivity contribution is 0.315. The summed E-state index contributed by atoms with van der Waals surface area (Å²) in [6.07, 6.45) is 2.22. The summed E-state index contributed by atoms with van der Waals surface area (Å²) in [6.45, 7) is 5.28. The zero-order valence-electron chi connectivity index (χ0n) is 12.6. The van der Waals surface area contributed by atoms with Crippen LogP contribution in [0.1, 0.15) is 24.6 Å². The van der Waals surface area contributed by atoms with Gasteiger partial charge < -0.3 is 15.1 Å². The third-order valence-corrected chi connectivity index (χ3v) is 3.89. The number of anilines is 1. The number of nitrogens with one attached hydrogen (secondary N) is 1. The molecule has 2 heterocycles. The molecule has 106 valence electrons. The van der Waals surface area contributed by atoms with Gasteiger partial charge in [-0.1, -0.05) is 6.92 Å². The Hall–Kier alpha value is -1.13. The first-order valence-electron chi connectivity index (χ1n) is 7.19. The Bertz CT molecular complexity index is 417. The minimum absolute atomic E-state index is 0.653. The molecule has 1 aromatic rings. The summed E-state index contributed by atoms with van der Waals surface area (Å²) >= 11 is 0. The number of nitrogens with zero attached hydrogens (tertiary/aromatic N) is 3. The van der Waals surface area contributed by atoms with Crippen LogP contribution in [0.25, 0.3) is 0 Å². The maximum atomic E-state index is 4.79. The van der Waals surface area contributed by atoms with Crippen molar-refractivity contribution < 1.29 is 0 Å². The summed E-state index contributed by atoms with van der Waals surface area (Å²) in [5.41, 5.74) is 2.52. The fraction of sp³-hybridized carbons (Fsp3) is 0.667. The standard InChI is InChI=1S/C15H26N4/c1-5-13-8-12(10-16-2)9-15(17-13)19-7-6-14(11-19)18(3)4/h8-9,14,16H,5-7,10-11H2,1-4H3. The van der Waals surface area contributed by atoms with Crippen LogP contribution >= 0.6 is 0 Å². The molecule has 1 unspecified atom stereocenters. The van der Waals surface area contributed by atoms with Crippen LogP contribution in [0.2, 0.25) is 0 Å². The molecule has 1 aliphatic heterocycles. The second kappa shape index (κ2) is 6.35. The normalized spacial score (nSPS) is 19.4. The van der Waals surface area contributed by atoms with E-state index < -0.39 is 0 Å². The molecule has 2 rings (SSSR count). The topological polar surface area (TPSA) is 31.4 Å². The van der Waals surface area contributed by atoms with Crippen LogP contribution in [0.5, 0.6) is 0 Å². The Morgan fingerprint density at radius 1 is 1.42 bits per heavy atom. The van der Waals surface area contributed by atoms with E-state index in [0.29, 0.717) is 6.04 Å². The second-order valence-electron chi connectivity index (χ2n) is 5.56. The van der Waals surface area contributed by atoms with Gasteiger partial charge in [-0.15, -0.1) is 0 Å². The van der Waals surface area contributed by atoms with Crippen LogP contribution in [0.4, 0.5) is 5.82 Å². The quantitative estimate of drug-likeness (QED) is 0.871. The molecule has 0 amide bonds. The SMILES string of the molecule is CCc1cc(CNC)cc(N2CCC(N(C)C)C2)n1. The van der Waals surface area contributed by atoms with Gasteiger partial charge in [-0.05, 0) is 51.7 Å². The molecule has 1 atom stereocenters. The Labute approximate surface area is 116 Å². The van der Waals surface area contributed by atoms with Crippen molar-refractivity contribution in [1.29, 1.82) is 0 Å². The van der Waals surface area contributed by atoms with Crippen LogP contribution in [0.15, 0.2) is 12.1 Å². The molecule has 0 spiro atoms. The number of likely N-dealkylation sites (N-methyl/N-ethyl adjacent to an activating group) is 1. The van der Waals surface area contributed by atoms with E-state index in [9.17, 15) is 0 Å². The van der Waals surface area contributed by atoms with Gasteiger partial charge in [0.05, 0.1) is 0 Å². The number of aryl methyl sites for hydroxylation is 1. The van der Waals surface area contributed by atoms with Crippen LogP contribution in [-0.2, 0) is 13.0 Å².